The summed E-state index contributed by atoms with van der Waals surface area (Å²) in [4.78, 5) is 10.5. The minimum absolute atomic E-state index is 0.0162. The van der Waals surface area contributed by atoms with Gasteiger partial charge in [-0.15, -0.1) is 5.10 Å². The van der Waals surface area contributed by atoms with Crippen LogP contribution in [0.25, 0.3) is 0 Å². The molecule has 0 saturated heterocycles. The summed E-state index contributed by atoms with van der Waals surface area (Å²) in [7, 11) is 0. The van der Waals surface area contributed by atoms with Gasteiger partial charge in [0.2, 0.25) is 0 Å². The summed E-state index contributed by atoms with van der Waals surface area (Å²) in [6, 6.07) is 1.47. The van der Waals surface area contributed by atoms with Crippen molar-refractivity contribution in [1.29, 1.82) is 0 Å². The molecule has 0 aliphatic rings. The molecule has 1 heterocycles. The van der Waals surface area contributed by atoms with Gasteiger partial charge in [0, 0.05) is 0 Å². The summed E-state index contributed by atoms with van der Waals surface area (Å²) >= 11 is 0. The van der Waals surface area contributed by atoms with E-state index in [0.29, 0.717) is 0 Å². The van der Waals surface area contributed by atoms with Crippen LogP contribution in [0.1, 0.15) is 10.5 Å². The van der Waals surface area contributed by atoms with Crippen LogP contribution in [-0.2, 0) is 0 Å². The molecule has 0 radical (unpaired) electrons. The van der Waals surface area contributed by atoms with Gasteiger partial charge >= 0.3 is 0 Å². The van der Waals surface area contributed by atoms with E-state index in [-0.39, 0.29) is 11.4 Å². The van der Waals surface area contributed by atoms with Crippen molar-refractivity contribution < 1.29 is 4.79 Å². The zero-order valence-corrected chi connectivity index (χ0v) is 5.11. The zero-order valence-electron chi connectivity index (χ0n) is 5.11. The third-order valence-electron chi connectivity index (χ3n) is 0.985. The van der Waals surface area contributed by atoms with Gasteiger partial charge in [0.05, 0.1) is 11.9 Å². The topological polar surface area (TPSA) is 94.9 Å². The Labute approximate surface area is 57.0 Å². The van der Waals surface area contributed by atoms with Crippen molar-refractivity contribution in [3.05, 3.63) is 18.0 Å². The van der Waals surface area contributed by atoms with Crippen molar-refractivity contribution in [3.8, 4) is 0 Å². The summed E-state index contributed by atoms with van der Waals surface area (Å²) < 4.78 is 0. The molecule has 5 nitrogen and oxygen atoms in total. The largest absolute Gasteiger partial charge is 0.397 e. The maximum Gasteiger partial charge on any atom is 0.271 e. The number of anilines is 1. The van der Waals surface area contributed by atoms with Crippen molar-refractivity contribution in [3.63, 3.8) is 0 Å². The van der Waals surface area contributed by atoms with Crippen molar-refractivity contribution in [2.24, 2.45) is 5.73 Å². The second kappa shape index (κ2) is 2.30. The lowest BCUT2D eigenvalue weighted by Crippen LogP contribution is -2.15. The van der Waals surface area contributed by atoms with Crippen LogP contribution in [0.2, 0.25) is 0 Å². The van der Waals surface area contributed by atoms with Crippen LogP contribution in [0.4, 0.5) is 5.69 Å². The standard InChI is InChI=1S/C5H6N4O/c6-3-1-2-8-9-4(3)5(7)10/h1-2H,(H2,6,8)(H2,7,10). The van der Waals surface area contributed by atoms with E-state index in [9.17, 15) is 4.79 Å². The van der Waals surface area contributed by atoms with E-state index in [4.69, 9.17) is 11.5 Å². The summed E-state index contributed by atoms with van der Waals surface area (Å²) in [6.45, 7) is 0. The molecule has 1 aromatic rings. The van der Waals surface area contributed by atoms with Gasteiger partial charge < -0.3 is 11.5 Å². The fourth-order valence-corrected chi connectivity index (χ4v) is 0.533. The summed E-state index contributed by atoms with van der Waals surface area (Å²) in [5.41, 5.74) is 10.5. The first kappa shape index (κ1) is 6.47. The van der Waals surface area contributed by atoms with Gasteiger partial charge in [0.15, 0.2) is 5.69 Å². The molecule has 0 aromatic carbocycles. The van der Waals surface area contributed by atoms with E-state index in [1.807, 2.05) is 0 Å². The van der Waals surface area contributed by atoms with Gasteiger partial charge in [0.1, 0.15) is 0 Å². The number of carbonyl (C=O) groups excluding carboxylic acids is 1. The first-order valence-electron chi connectivity index (χ1n) is 2.59. The lowest BCUT2D eigenvalue weighted by atomic mass is 10.3. The number of rotatable bonds is 1. The number of nitrogen functional groups attached to an aromatic ring is 1. The molecule has 0 fully saturated rings. The Balaban J connectivity index is 3.15. The summed E-state index contributed by atoms with van der Waals surface area (Å²) in [5, 5.41) is 6.86. The van der Waals surface area contributed by atoms with Crippen molar-refractivity contribution in [2.75, 3.05) is 5.73 Å². The highest BCUT2D eigenvalue weighted by Gasteiger charge is 2.05. The molecule has 4 N–H and O–H groups in total. The van der Waals surface area contributed by atoms with E-state index < -0.39 is 5.91 Å². The molecule has 1 aromatic heterocycles. The van der Waals surface area contributed by atoms with Gasteiger partial charge in [-0.1, -0.05) is 0 Å². The molecule has 0 saturated carbocycles. The lowest BCUT2D eigenvalue weighted by molar-refractivity contribution is 0.0995. The number of nitrogens with zero attached hydrogens (tertiary/aromatic N) is 2. The van der Waals surface area contributed by atoms with Crippen LogP contribution >= 0.6 is 0 Å². The number of hydrogen-bond donors (Lipinski definition) is 2. The molecule has 5 heteroatoms. The van der Waals surface area contributed by atoms with Crippen LogP contribution in [0, 0.1) is 0 Å². The minimum atomic E-state index is -0.661. The van der Waals surface area contributed by atoms with E-state index in [1.54, 1.807) is 0 Å². The average Bonchev–Trinajstić information content (AvgIpc) is 1.88. The molecule has 0 aliphatic heterocycles. The van der Waals surface area contributed by atoms with Crippen molar-refractivity contribution in [1.82, 2.24) is 10.2 Å². The van der Waals surface area contributed by atoms with Crippen LogP contribution in [0.15, 0.2) is 12.3 Å². The molecule has 1 rings (SSSR count). The summed E-state index contributed by atoms with van der Waals surface area (Å²) in [5.74, 6) is -0.661. The third kappa shape index (κ3) is 1.02. The molecule has 0 unspecified atom stereocenters. The minimum Gasteiger partial charge on any atom is -0.397 e. The number of carbonyl (C=O) groups is 1. The predicted molar refractivity (Wildman–Crippen MR) is 35.0 cm³/mol. The molecule has 1 amide bonds. The van der Waals surface area contributed by atoms with Gasteiger partial charge in [-0.3, -0.25) is 4.79 Å². The van der Waals surface area contributed by atoms with E-state index in [1.165, 1.54) is 12.3 Å². The monoisotopic (exact) mass is 138 g/mol. The lowest BCUT2D eigenvalue weighted by Gasteiger charge is -1.94. The Hall–Kier alpha value is -1.65. The van der Waals surface area contributed by atoms with Crippen LogP contribution in [0.3, 0.4) is 0 Å². The molecule has 52 valence electrons. The second-order valence-electron chi connectivity index (χ2n) is 1.70. The van der Waals surface area contributed by atoms with Gasteiger partial charge in [-0.2, -0.15) is 5.10 Å². The smallest absolute Gasteiger partial charge is 0.271 e. The number of primary amides is 1. The Morgan fingerprint density at radius 3 is 2.70 bits per heavy atom. The van der Waals surface area contributed by atoms with E-state index >= 15 is 0 Å². The second-order valence-corrected chi connectivity index (χ2v) is 1.70. The Kier molecular flexibility index (Phi) is 1.49. The van der Waals surface area contributed by atoms with Crippen LogP contribution < -0.4 is 11.5 Å². The maximum atomic E-state index is 10.5. The van der Waals surface area contributed by atoms with Gasteiger partial charge in [-0.05, 0) is 6.07 Å². The fourth-order valence-electron chi connectivity index (χ4n) is 0.533. The predicted octanol–water partition coefficient (Wildman–Crippen LogP) is -0.842. The molecule has 10 heavy (non-hydrogen) atoms. The number of amides is 1. The molecule has 0 atom stereocenters. The van der Waals surface area contributed by atoms with Crippen molar-refractivity contribution >= 4 is 11.6 Å². The highest BCUT2D eigenvalue weighted by molar-refractivity contribution is 5.95. The molecular formula is C5H6N4O. The third-order valence-corrected chi connectivity index (χ3v) is 0.985. The van der Waals surface area contributed by atoms with E-state index in [2.05, 4.69) is 10.2 Å². The quantitative estimate of drug-likeness (QED) is 0.528. The molecular weight excluding hydrogens is 132 g/mol. The number of hydrogen-bond acceptors (Lipinski definition) is 4. The Morgan fingerprint density at radius 2 is 2.30 bits per heavy atom. The molecule has 0 spiro atoms. The normalized spacial score (nSPS) is 9.20. The summed E-state index contributed by atoms with van der Waals surface area (Å²) in [6.07, 6.45) is 1.39. The first-order valence-corrected chi connectivity index (χ1v) is 2.59. The average molecular weight is 138 g/mol. The highest BCUT2D eigenvalue weighted by atomic mass is 16.1. The maximum absolute atomic E-state index is 10.5. The zero-order chi connectivity index (χ0) is 7.56. The molecule has 0 aliphatic carbocycles. The molecule has 0 bridgehead atoms. The SMILES string of the molecule is NC(=O)c1nnccc1N. The van der Waals surface area contributed by atoms with Crippen LogP contribution in [-0.4, -0.2) is 16.1 Å². The number of nitrogens with two attached hydrogens (primary N) is 2. The van der Waals surface area contributed by atoms with Crippen molar-refractivity contribution in [2.45, 2.75) is 0 Å². The fraction of sp³-hybridized carbons (Fsp3) is 0. The van der Waals surface area contributed by atoms with Gasteiger partial charge in [-0.25, -0.2) is 0 Å². The Morgan fingerprint density at radius 1 is 1.60 bits per heavy atom. The highest BCUT2D eigenvalue weighted by Crippen LogP contribution is 2.02. The van der Waals surface area contributed by atoms with E-state index in [0.717, 1.165) is 0 Å². The van der Waals surface area contributed by atoms with Gasteiger partial charge in [0.25, 0.3) is 5.91 Å². The first-order chi connectivity index (χ1) is 4.72. The Bertz CT molecular complexity index is 260. The number of aromatic nitrogens is 2. The van der Waals surface area contributed by atoms with Crippen LogP contribution in [0.5, 0.6) is 0 Å².